The van der Waals surface area contributed by atoms with Crippen molar-refractivity contribution < 1.29 is 5.11 Å². The molecule has 16 heavy (non-hydrogen) atoms. The van der Waals surface area contributed by atoms with Crippen LogP contribution in [0.15, 0.2) is 23.0 Å². The molecule has 1 atom stereocenters. The first-order chi connectivity index (χ1) is 7.52. The molecule has 1 heterocycles. The van der Waals surface area contributed by atoms with Gasteiger partial charge in [0, 0.05) is 7.05 Å². The van der Waals surface area contributed by atoms with Crippen LogP contribution in [-0.2, 0) is 13.6 Å². The first-order valence-electron chi connectivity index (χ1n) is 5.04. The van der Waals surface area contributed by atoms with Crippen LogP contribution >= 0.6 is 11.6 Å². The van der Waals surface area contributed by atoms with Gasteiger partial charge in [-0.05, 0) is 19.1 Å². The lowest BCUT2D eigenvalue weighted by molar-refractivity contribution is 0.173. The lowest BCUT2D eigenvalue weighted by atomic mass is 10.3. The number of benzene rings is 1. The highest BCUT2D eigenvalue weighted by molar-refractivity contribution is 6.35. The fourth-order valence-electron chi connectivity index (χ4n) is 1.86. The summed E-state index contributed by atoms with van der Waals surface area (Å²) in [6.07, 6.45) is -0.584. The molecule has 0 aliphatic heterocycles. The van der Waals surface area contributed by atoms with Gasteiger partial charge in [0.15, 0.2) is 0 Å². The Morgan fingerprint density at radius 2 is 2.19 bits per heavy atom. The number of aliphatic hydroxyl groups is 1. The minimum Gasteiger partial charge on any atom is -0.392 e. The van der Waals surface area contributed by atoms with Gasteiger partial charge in [0.25, 0.3) is 0 Å². The summed E-state index contributed by atoms with van der Waals surface area (Å²) < 4.78 is 3.03. The van der Waals surface area contributed by atoms with Crippen molar-refractivity contribution in [2.45, 2.75) is 19.6 Å². The second kappa shape index (κ2) is 3.96. The molecule has 4 nitrogen and oxygen atoms in total. The van der Waals surface area contributed by atoms with E-state index in [0.29, 0.717) is 10.5 Å². The van der Waals surface area contributed by atoms with Crippen LogP contribution in [0.3, 0.4) is 0 Å². The predicted molar refractivity (Wildman–Crippen MR) is 63.9 cm³/mol. The Bertz CT molecular complexity index is 583. The van der Waals surface area contributed by atoms with Gasteiger partial charge in [-0.15, -0.1) is 0 Å². The number of imidazole rings is 1. The molecule has 0 spiro atoms. The number of rotatable bonds is 2. The first-order valence-corrected chi connectivity index (χ1v) is 5.42. The molecule has 1 aromatic heterocycles. The Balaban J connectivity index is 2.81. The van der Waals surface area contributed by atoms with E-state index in [1.165, 1.54) is 9.13 Å². The molecule has 1 N–H and O–H groups in total. The number of hydrogen-bond acceptors (Lipinski definition) is 2. The minimum atomic E-state index is -0.584. The summed E-state index contributed by atoms with van der Waals surface area (Å²) in [6.45, 7) is 1.89. The molecule has 0 fully saturated rings. The zero-order valence-electron chi connectivity index (χ0n) is 9.14. The third kappa shape index (κ3) is 1.64. The van der Waals surface area contributed by atoms with Gasteiger partial charge in [-0.2, -0.15) is 0 Å². The molecule has 0 bridgehead atoms. The van der Waals surface area contributed by atoms with Crippen LogP contribution in [0, 0.1) is 0 Å². The number of halogens is 1. The molecule has 1 unspecified atom stereocenters. The number of para-hydroxylation sites is 1. The fraction of sp³-hybridized carbons (Fsp3) is 0.364. The van der Waals surface area contributed by atoms with E-state index in [1.807, 2.05) is 6.07 Å². The maximum absolute atomic E-state index is 11.9. The average molecular weight is 241 g/mol. The summed E-state index contributed by atoms with van der Waals surface area (Å²) in [5.74, 6) is 0. The summed E-state index contributed by atoms with van der Waals surface area (Å²) in [5.41, 5.74) is 1.29. The van der Waals surface area contributed by atoms with E-state index < -0.39 is 6.10 Å². The summed E-state index contributed by atoms with van der Waals surface area (Å²) in [5, 5.41) is 9.90. The van der Waals surface area contributed by atoms with Crippen LogP contribution in [0.5, 0.6) is 0 Å². The average Bonchev–Trinajstić information content (AvgIpc) is 2.45. The van der Waals surface area contributed by atoms with Crippen LogP contribution < -0.4 is 5.69 Å². The van der Waals surface area contributed by atoms with Crippen LogP contribution in [0.1, 0.15) is 6.92 Å². The largest absolute Gasteiger partial charge is 0.392 e. The molecule has 5 heteroatoms. The van der Waals surface area contributed by atoms with Gasteiger partial charge in [-0.25, -0.2) is 4.79 Å². The van der Waals surface area contributed by atoms with E-state index in [0.717, 1.165) is 5.52 Å². The second-order valence-electron chi connectivity index (χ2n) is 3.91. The third-order valence-corrected chi connectivity index (χ3v) is 2.87. The van der Waals surface area contributed by atoms with Crippen molar-refractivity contribution in [3.63, 3.8) is 0 Å². The number of aliphatic hydroxyl groups excluding tert-OH is 1. The molecular weight excluding hydrogens is 228 g/mol. The minimum absolute atomic E-state index is 0.163. The Morgan fingerprint density at radius 1 is 1.50 bits per heavy atom. The van der Waals surface area contributed by atoms with Gasteiger partial charge in [0.2, 0.25) is 0 Å². The fourth-order valence-corrected chi connectivity index (χ4v) is 2.13. The van der Waals surface area contributed by atoms with Crippen LogP contribution in [0.4, 0.5) is 0 Å². The zero-order valence-corrected chi connectivity index (χ0v) is 9.90. The Hall–Kier alpha value is -1.26. The van der Waals surface area contributed by atoms with Gasteiger partial charge in [0.1, 0.15) is 0 Å². The molecule has 0 saturated heterocycles. The number of aryl methyl sites for hydroxylation is 1. The summed E-state index contributed by atoms with van der Waals surface area (Å²) in [6, 6.07) is 5.37. The number of nitrogens with zero attached hydrogens (tertiary/aromatic N) is 2. The van der Waals surface area contributed by atoms with E-state index in [9.17, 15) is 9.90 Å². The molecule has 0 aliphatic carbocycles. The maximum Gasteiger partial charge on any atom is 0.328 e. The van der Waals surface area contributed by atoms with Gasteiger partial charge < -0.3 is 5.11 Å². The molecule has 86 valence electrons. The monoisotopic (exact) mass is 240 g/mol. The van der Waals surface area contributed by atoms with Crippen LogP contribution in [0.2, 0.25) is 5.02 Å². The molecule has 1 aromatic carbocycles. The lowest BCUT2D eigenvalue weighted by Crippen LogP contribution is -2.26. The quantitative estimate of drug-likeness (QED) is 0.862. The van der Waals surface area contributed by atoms with Gasteiger partial charge >= 0.3 is 5.69 Å². The zero-order chi connectivity index (χ0) is 11.9. The highest BCUT2D eigenvalue weighted by Gasteiger charge is 2.14. The third-order valence-electron chi connectivity index (χ3n) is 2.56. The van der Waals surface area contributed by atoms with E-state index in [1.54, 1.807) is 26.1 Å². The highest BCUT2D eigenvalue weighted by Crippen LogP contribution is 2.22. The topological polar surface area (TPSA) is 47.2 Å². The lowest BCUT2D eigenvalue weighted by Gasteiger charge is -2.06. The normalized spacial score (nSPS) is 13.2. The number of aromatic nitrogens is 2. The summed E-state index contributed by atoms with van der Waals surface area (Å²) in [4.78, 5) is 11.9. The highest BCUT2D eigenvalue weighted by atomic mass is 35.5. The molecular formula is C11H13ClN2O2. The standard InChI is InChI=1S/C11H13ClN2O2/c1-7(15)6-14-10-8(12)4-3-5-9(10)13(2)11(14)16/h3-5,7,15H,6H2,1-2H3. The molecule has 0 radical (unpaired) electrons. The predicted octanol–water partition coefficient (Wildman–Crippen LogP) is 1.37. The Labute approximate surface area is 97.7 Å². The van der Waals surface area contributed by atoms with Crippen molar-refractivity contribution in [2.75, 3.05) is 0 Å². The second-order valence-corrected chi connectivity index (χ2v) is 4.32. The Morgan fingerprint density at radius 3 is 2.81 bits per heavy atom. The van der Waals surface area contributed by atoms with Crippen molar-refractivity contribution in [3.05, 3.63) is 33.7 Å². The summed E-state index contributed by atoms with van der Waals surface area (Å²) >= 11 is 6.08. The number of hydrogen-bond donors (Lipinski definition) is 1. The van der Waals surface area contributed by atoms with Gasteiger partial charge in [0.05, 0.1) is 28.7 Å². The van der Waals surface area contributed by atoms with Crippen molar-refractivity contribution in [1.29, 1.82) is 0 Å². The van der Waals surface area contributed by atoms with Gasteiger partial charge in [-0.1, -0.05) is 17.7 Å². The van der Waals surface area contributed by atoms with E-state index >= 15 is 0 Å². The molecule has 0 saturated carbocycles. The molecule has 0 aliphatic rings. The van der Waals surface area contributed by atoms with E-state index in [4.69, 9.17) is 11.6 Å². The molecule has 2 aromatic rings. The Kier molecular flexibility index (Phi) is 2.78. The first kappa shape index (κ1) is 11.2. The van der Waals surface area contributed by atoms with Crippen molar-refractivity contribution in [3.8, 4) is 0 Å². The van der Waals surface area contributed by atoms with E-state index in [-0.39, 0.29) is 12.2 Å². The molecule has 2 rings (SSSR count). The maximum atomic E-state index is 11.9. The van der Waals surface area contributed by atoms with Crippen LogP contribution in [0.25, 0.3) is 11.0 Å². The van der Waals surface area contributed by atoms with Crippen molar-refractivity contribution in [1.82, 2.24) is 9.13 Å². The molecule has 0 amide bonds. The summed E-state index contributed by atoms with van der Waals surface area (Å²) in [7, 11) is 1.69. The SMILES string of the molecule is CC(O)Cn1c(=O)n(C)c2cccc(Cl)c21. The van der Waals surface area contributed by atoms with Crippen LogP contribution in [-0.4, -0.2) is 20.3 Å². The van der Waals surface area contributed by atoms with Gasteiger partial charge in [-0.3, -0.25) is 9.13 Å². The number of fused-ring (bicyclic) bond motifs is 1. The van der Waals surface area contributed by atoms with Crippen molar-refractivity contribution >= 4 is 22.6 Å². The van der Waals surface area contributed by atoms with Crippen molar-refractivity contribution in [2.24, 2.45) is 7.05 Å². The smallest absolute Gasteiger partial charge is 0.328 e. The van der Waals surface area contributed by atoms with E-state index in [2.05, 4.69) is 0 Å².